The van der Waals surface area contributed by atoms with Crippen molar-refractivity contribution in [1.82, 2.24) is 9.88 Å². The first-order valence-corrected chi connectivity index (χ1v) is 9.48. The van der Waals surface area contributed by atoms with E-state index < -0.39 is 24.2 Å². The van der Waals surface area contributed by atoms with Crippen LogP contribution in [0.15, 0.2) is 47.4 Å². The average molecular weight is 408 g/mol. The third-order valence-electron chi connectivity index (χ3n) is 5.25. The molecule has 29 heavy (non-hydrogen) atoms. The van der Waals surface area contributed by atoms with E-state index in [-0.39, 0.29) is 17.4 Å². The van der Waals surface area contributed by atoms with Crippen LogP contribution >= 0.6 is 0 Å². The first-order valence-electron chi connectivity index (χ1n) is 9.48. The number of rotatable bonds is 5. The highest BCUT2D eigenvalue weighted by Crippen LogP contribution is 2.33. The zero-order valence-electron chi connectivity index (χ0n) is 16.0. The molecule has 1 amide bonds. The van der Waals surface area contributed by atoms with Gasteiger partial charge in [-0.1, -0.05) is 30.3 Å². The molecule has 1 saturated carbocycles. The molecule has 1 aliphatic carbocycles. The Morgan fingerprint density at radius 1 is 1.14 bits per heavy atom. The first-order chi connectivity index (χ1) is 13.8. The van der Waals surface area contributed by atoms with E-state index in [9.17, 15) is 22.8 Å². The fourth-order valence-electron chi connectivity index (χ4n) is 3.81. The largest absolute Gasteiger partial charge is 0.491 e. The molecule has 2 aromatic rings. The van der Waals surface area contributed by atoms with Gasteiger partial charge >= 0.3 is 6.18 Å². The molecule has 1 heterocycles. The minimum atomic E-state index is -4.55. The average Bonchev–Trinajstić information content (AvgIpc) is 2.69. The Balaban J connectivity index is 1.67. The van der Waals surface area contributed by atoms with E-state index in [1.54, 1.807) is 0 Å². The lowest BCUT2D eigenvalue weighted by atomic mass is 9.82. The van der Waals surface area contributed by atoms with Gasteiger partial charge in [-0.15, -0.1) is 0 Å². The number of nitrogens with zero attached hydrogens (tertiary/aromatic N) is 1. The molecule has 1 N–H and O–H groups in total. The number of pyridine rings is 1. The lowest BCUT2D eigenvalue weighted by Gasteiger charge is -2.29. The maximum Gasteiger partial charge on any atom is 0.406 e. The molecule has 8 heteroatoms. The fraction of sp³-hybridized carbons (Fsp3) is 0.429. The molecule has 0 saturated heterocycles. The van der Waals surface area contributed by atoms with Crippen LogP contribution in [0.4, 0.5) is 13.2 Å². The summed E-state index contributed by atoms with van der Waals surface area (Å²) in [5.74, 6) is -0.446. The van der Waals surface area contributed by atoms with Gasteiger partial charge in [-0.3, -0.25) is 9.59 Å². The third kappa shape index (κ3) is 5.19. The Bertz CT molecular complexity index is 902. The molecule has 1 fully saturated rings. The number of hydrogen-bond acceptors (Lipinski definition) is 3. The molecule has 1 aliphatic rings. The van der Waals surface area contributed by atoms with E-state index in [2.05, 4.69) is 17.4 Å². The zero-order chi connectivity index (χ0) is 21.0. The van der Waals surface area contributed by atoms with Crippen LogP contribution in [0, 0.1) is 0 Å². The molecule has 1 aromatic carbocycles. The standard InChI is InChI=1S/C21H23F3N2O3/c1-29-18-17(11-12-26(20(18)28)13-21(22,23)24)19(27)25-16-9-7-15(8-10-16)14-5-3-2-4-6-14/h2-6,11-12,15-16H,7-10,13H2,1H3,(H,25,27)/t15-,16+. The number of methoxy groups -OCH3 is 1. The van der Waals surface area contributed by atoms with E-state index in [0.29, 0.717) is 10.5 Å². The second-order valence-electron chi connectivity index (χ2n) is 7.24. The van der Waals surface area contributed by atoms with Crippen molar-refractivity contribution in [2.45, 2.75) is 50.4 Å². The van der Waals surface area contributed by atoms with Crippen molar-refractivity contribution in [2.24, 2.45) is 0 Å². The van der Waals surface area contributed by atoms with E-state index in [1.807, 2.05) is 18.2 Å². The number of amides is 1. The summed E-state index contributed by atoms with van der Waals surface area (Å²) in [6.45, 7) is -1.44. The highest BCUT2D eigenvalue weighted by atomic mass is 19.4. The van der Waals surface area contributed by atoms with Crippen LogP contribution in [0.2, 0.25) is 0 Å². The number of nitrogens with one attached hydrogen (secondary N) is 1. The van der Waals surface area contributed by atoms with E-state index in [0.717, 1.165) is 39.0 Å². The molecule has 3 rings (SSSR count). The summed E-state index contributed by atoms with van der Waals surface area (Å²) < 4.78 is 43.2. The van der Waals surface area contributed by atoms with Crippen LogP contribution in [-0.4, -0.2) is 29.8 Å². The third-order valence-corrected chi connectivity index (χ3v) is 5.25. The maximum atomic E-state index is 12.6. The summed E-state index contributed by atoms with van der Waals surface area (Å²) in [6, 6.07) is 11.3. The Morgan fingerprint density at radius 2 is 1.79 bits per heavy atom. The number of carbonyl (C=O) groups is 1. The van der Waals surface area contributed by atoms with Gasteiger partial charge in [0, 0.05) is 12.2 Å². The van der Waals surface area contributed by atoms with Crippen molar-refractivity contribution in [3.63, 3.8) is 0 Å². The van der Waals surface area contributed by atoms with Gasteiger partial charge in [0.25, 0.3) is 11.5 Å². The predicted molar refractivity (Wildman–Crippen MR) is 102 cm³/mol. The highest BCUT2D eigenvalue weighted by molar-refractivity contribution is 5.96. The van der Waals surface area contributed by atoms with Gasteiger partial charge in [-0.25, -0.2) is 0 Å². The molecule has 5 nitrogen and oxygen atoms in total. The lowest BCUT2D eigenvalue weighted by molar-refractivity contribution is -0.141. The molecule has 0 spiro atoms. The van der Waals surface area contributed by atoms with E-state index >= 15 is 0 Å². The van der Waals surface area contributed by atoms with E-state index in [1.165, 1.54) is 11.6 Å². The van der Waals surface area contributed by atoms with Crippen LogP contribution in [0.1, 0.15) is 47.5 Å². The number of halogens is 3. The number of benzene rings is 1. The van der Waals surface area contributed by atoms with Gasteiger partial charge in [0.1, 0.15) is 6.54 Å². The quantitative estimate of drug-likeness (QED) is 0.817. The number of alkyl halides is 3. The minimum Gasteiger partial charge on any atom is -0.491 e. The number of ether oxygens (including phenoxy) is 1. The molecular weight excluding hydrogens is 385 g/mol. The van der Waals surface area contributed by atoms with Crippen molar-refractivity contribution >= 4 is 5.91 Å². The molecule has 0 radical (unpaired) electrons. The van der Waals surface area contributed by atoms with Crippen LogP contribution in [0.3, 0.4) is 0 Å². The van der Waals surface area contributed by atoms with Gasteiger partial charge in [0.05, 0.1) is 12.7 Å². The maximum absolute atomic E-state index is 12.6. The molecule has 0 atom stereocenters. The predicted octanol–water partition coefficient (Wildman–Crippen LogP) is 3.88. The first kappa shape index (κ1) is 21.0. The summed E-state index contributed by atoms with van der Waals surface area (Å²) in [5.41, 5.74) is 0.249. The molecular formula is C21H23F3N2O3. The summed E-state index contributed by atoms with van der Waals surface area (Å²) in [4.78, 5) is 24.9. The fourth-order valence-corrected chi connectivity index (χ4v) is 3.81. The van der Waals surface area contributed by atoms with Crippen LogP contribution < -0.4 is 15.6 Å². The van der Waals surface area contributed by atoms with Crippen LogP contribution in [0.25, 0.3) is 0 Å². The topological polar surface area (TPSA) is 60.3 Å². The number of carbonyl (C=O) groups excluding carboxylic acids is 1. The highest BCUT2D eigenvalue weighted by Gasteiger charge is 2.30. The summed E-state index contributed by atoms with van der Waals surface area (Å²) in [5, 5.41) is 2.89. The second-order valence-corrected chi connectivity index (χ2v) is 7.24. The molecule has 156 valence electrons. The smallest absolute Gasteiger partial charge is 0.406 e. The van der Waals surface area contributed by atoms with Crippen LogP contribution in [0.5, 0.6) is 5.75 Å². The summed E-state index contributed by atoms with van der Waals surface area (Å²) in [7, 11) is 1.16. The van der Waals surface area contributed by atoms with Crippen LogP contribution in [-0.2, 0) is 6.54 Å². The van der Waals surface area contributed by atoms with Gasteiger partial charge < -0.3 is 14.6 Å². The van der Waals surface area contributed by atoms with Gasteiger partial charge in [0.2, 0.25) is 0 Å². The van der Waals surface area contributed by atoms with Crippen molar-refractivity contribution < 1.29 is 22.7 Å². The Morgan fingerprint density at radius 3 is 2.38 bits per heavy atom. The SMILES string of the molecule is COc1c(C(=O)N[C@H]2CC[C@@H](c3ccccc3)CC2)ccn(CC(F)(F)F)c1=O. The zero-order valence-corrected chi connectivity index (χ0v) is 16.0. The molecule has 0 bridgehead atoms. The molecule has 0 unspecified atom stereocenters. The van der Waals surface area contributed by atoms with Gasteiger partial charge in [0.15, 0.2) is 5.75 Å². The molecule has 0 aliphatic heterocycles. The minimum absolute atomic E-state index is 0.0511. The lowest BCUT2D eigenvalue weighted by Crippen LogP contribution is -2.38. The van der Waals surface area contributed by atoms with Crippen molar-refractivity contribution in [2.75, 3.05) is 7.11 Å². The Hall–Kier alpha value is -2.77. The normalized spacial score (nSPS) is 19.6. The number of aromatic nitrogens is 1. The summed E-state index contributed by atoms with van der Waals surface area (Å²) in [6.07, 6.45) is -0.133. The monoisotopic (exact) mass is 408 g/mol. The Labute approximate surface area is 166 Å². The van der Waals surface area contributed by atoms with Crippen molar-refractivity contribution in [3.8, 4) is 5.75 Å². The summed E-state index contributed by atoms with van der Waals surface area (Å²) >= 11 is 0. The van der Waals surface area contributed by atoms with Crippen molar-refractivity contribution in [3.05, 3.63) is 64.1 Å². The molecule has 1 aromatic heterocycles. The van der Waals surface area contributed by atoms with E-state index in [4.69, 9.17) is 4.74 Å². The van der Waals surface area contributed by atoms with Crippen molar-refractivity contribution in [1.29, 1.82) is 0 Å². The second kappa shape index (κ2) is 8.71. The Kier molecular flexibility index (Phi) is 6.30. The number of hydrogen-bond donors (Lipinski definition) is 1. The van der Waals surface area contributed by atoms with Gasteiger partial charge in [-0.05, 0) is 43.2 Å². The van der Waals surface area contributed by atoms with Gasteiger partial charge in [-0.2, -0.15) is 13.2 Å².